The third-order valence-electron chi connectivity index (χ3n) is 9.29. The maximum absolute atomic E-state index is 3.35. The summed E-state index contributed by atoms with van der Waals surface area (Å²) in [5.41, 5.74) is 9.19. The zero-order valence-corrected chi connectivity index (χ0v) is 23.8. The van der Waals surface area contributed by atoms with Gasteiger partial charge in [-0.3, -0.25) is 0 Å². The third kappa shape index (κ3) is 3.21. The molecule has 2 aromatic carbocycles. The van der Waals surface area contributed by atoms with Crippen LogP contribution < -0.4 is 7.74 Å². The number of rotatable bonds is 4. The fourth-order valence-corrected chi connectivity index (χ4v) is 17.7. The molecule has 0 aliphatic heterocycles. The van der Waals surface area contributed by atoms with Crippen molar-refractivity contribution in [3.63, 3.8) is 0 Å². The van der Waals surface area contributed by atoms with Gasteiger partial charge in [0.05, 0.1) is 0 Å². The first kappa shape index (κ1) is 24.2. The Morgan fingerprint density at radius 3 is 1.00 bits per heavy atom. The van der Waals surface area contributed by atoms with E-state index in [2.05, 4.69) is 130 Å². The van der Waals surface area contributed by atoms with Crippen molar-refractivity contribution in [1.82, 2.24) is 0 Å². The third-order valence-corrected chi connectivity index (χ3v) is 18.5. The molecule has 0 atom stereocenters. The Kier molecular flexibility index (Phi) is 5.96. The van der Waals surface area contributed by atoms with Crippen LogP contribution in [0.1, 0.15) is 69.2 Å². The fourth-order valence-electron chi connectivity index (χ4n) is 6.93. The zero-order valence-electron chi connectivity index (χ0n) is 22.3. The molecule has 0 fully saturated rings. The fraction of sp³-hybridized carbons (Fsp3) is 0.375. The second-order valence-electron chi connectivity index (χ2n) is 11.2. The van der Waals surface area contributed by atoms with Gasteiger partial charge < -0.3 is 0 Å². The predicted octanol–water partition coefficient (Wildman–Crippen LogP) is 8.09. The van der Waals surface area contributed by atoms with Crippen molar-refractivity contribution in [2.45, 2.75) is 69.2 Å². The Morgan fingerprint density at radius 1 is 0.455 bits per heavy atom. The van der Waals surface area contributed by atoms with Gasteiger partial charge in [-0.1, -0.05) is 0 Å². The molecule has 0 amide bonds. The van der Waals surface area contributed by atoms with Gasteiger partial charge in [0.1, 0.15) is 0 Å². The number of hydrogen-bond acceptors (Lipinski definition) is 0. The van der Waals surface area contributed by atoms with Gasteiger partial charge in [0.25, 0.3) is 0 Å². The molecule has 0 nitrogen and oxygen atoms in total. The molecular weight excluding hydrogens is 432 g/mol. The van der Waals surface area contributed by atoms with Crippen molar-refractivity contribution in [2.75, 3.05) is 0 Å². The molecule has 0 spiro atoms. The van der Waals surface area contributed by atoms with Gasteiger partial charge in [-0.25, -0.2) is 0 Å². The summed E-state index contributed by atoms with van der Waals surface area (Å²) in [5, 5.41) is 0. The molecule has 0 saturated carbocycles. The first-order valence-corrected chi connectivity index (χ1v) is 15.4. The van der Waals surface area contributed by atoms with Gasteiger partial charge in [-0.15, -0.1) is 0 Å². The summed E-state index contributed by atoms with van der Waals surface area (Å²) in [5.74, 6) is 0. The van der Waals surface area contributed by atoms with Crippen LogP contribution in [0.15, 0.2) is 102 Å². The first-order valence-electron chi connectivity index (χ1n) is 12.3. The van der Waals surface area contributed by atoms with E-state index in [0.717, 1.165) is 0 Å². The van der Waals surface area contributed by atoms with Crippen LogP contribution in [0, 0.1) is 10.8 Å². The second kappa shape index (κ2) is 8.11. The van der Waals surface area contributed by atoms with Crippen LogP contribution in [-0.2, 0) is 16.6 Å². The summed E-state index contributed by atoms with van der Waals surface area (Å²) in [6.07, 6.45) is 0. The van der Waals surface area contributed by atoms with Crippen LogP contribution in [0.3, 0.4) is 0 Å². The molecule has 2 aliphatic carbocycles. The van der Waals surface area contributed by atoms with E-state index >= 15 is 0 Å². The van der Waals surface area contributed by atoms with Gasteiger partial charge in [-0.05, 0) is 0 Å². The van der Waals surface area contributed by atoms with Gasteiger partial charge in [-0.2, -0.15) is 0 Å². The van der Waals surface area contributed by atoms with Gasteiger partial charge >= 0.3 is 206 Å². The van der Waals surface area contributed by atoms with E-state index < -0.39 is 16.6 Å². The molecule has 0 radical (unpaired) electrons. The van der Waals surface area contributed by atoms with Crippen LogP contribution >= 0.6 is 0 Å². The van der Waals surface area contributed by atoms with E-state index in [4.69, 9.17) is 0 Å². The van der Waals surface area contributed by atoms with E-state index in [1.165, 1.54) is 33.4 Å². The zero-order chi connectivity index (χ0) is 24.3. The van der Waals surface area contributed by atoms with Crippen molar-refractivity contribution in [1.29, 1.82) is 0 Å². The van der Waals surface area contributed by atoms with Gasteiger partial charge in [0, 0.05) is 0 Å². The molecule has 172 valence electrons. The summed E-state index contributed by atoms with van der Waals surface area (Å²) in [6, 6.07) is 23.1. The summed E-state index contributed by atoms with van der Waals surface area (Å²) in [7, 11) is 0. The van der Waals surface area contributed by atoms with Gasteiger partial charge in [0.2, 0.25) is 0 Å². The van der Waals surface area contributed by atoms with Crippen LogP contribution in [0.5, 0.6) is 0 Å². The SMILES string of the molecule is CC1=C(C)C(C)(C)[C]([Ti]([C]2=C(C)C(C)=C(C)C2(C)C)([c]2ccccc2)[c]2ccccc2)=C1C. The van der Waals surface area contributed by atoms with E-state index in [1.54, 1.807) is 15.5 Å². The molecule has 0 bridgehead atoms. The minimum atomic E-state index is -3.35. The Morgan fingerprint density at radius 2 is 0.758 bits per heavy atom. The predicted molar refractivity (Wildman–Crippen MR) is 142 cm³/mol. The Bertz CT molecular complexity index is 1130. The van der Waals surface area contributed by atoms with E-state index in [-0.39, 0.29) is 10.8 Å². The summed E-state index contributed by atoms with van der Waals surface area (Å²) in [6.45, 7) is 24.2. The van der Waals surface area contributed by atoms with Crippen molar-refractivity contribution in [3.8, 4) is 0 Å². The number of hydrogen-bond donors (Lipinski definition) is 0. The van der Waals surface area contributed by atoms with Crippen molar-refractivity contribution >= 4 is 7.74 Å². The summed E-state index contributed by atoms with van der Waals surface area (Å²) in [4.78, 5) is 0. The quantitative estimate of drug-likeness (QED) is 0.395. The van der Waals surface area contributed by atoms with Crippen LogP contribution in [-0.4, -0.2) is 0 Å². The van der Waals surface area contributed by atoms with Crippen molar-refractivity contribution in [3.05, 3.63) is 102 Å². The molecule has 4 rings (SSSR count). The molecule has 0 saturated heterocycles. The number of allylic oxidation sites excluding steroid dienone is 8. The normalized spacial score (nSPS) is 20.4. The van der Waals surface area contributed by atoms with Crippen LogP contribution in [0.2, 0.25) is 0 Å². The summed E-state index contributed by atoms with van der Waals surface area (Å²) >= 11 is -3.35. The monoisotopic (exact) mass is 472 g/mol. The van der Waals surface area contributed by atoms with Crippen molar-refractivity contribution < 1.29 is 16.6 Å². The van der Waals surface area contributed by atoms with E-state index in [9.17, 15) is 0 Å². The molecule has 0 heterocycles. The molecule has 1 heteroatoms. The molecule has 2 aromatic rings. The Hall–Kier alpha value is -1.89. The molecule has 2 aliphatic rings. The topological polar surface area (TPSA) is 0 Å². The molecule has 0 unspecified atom stereocenters. The van der Waals surface area contributed by atoms with Gasteiger partial charge in [0.15, 0.2) is 0 Å². The molecule has 0 aromatic heterocycles. The maximum atomic E-state index is 2.48. The molecule has 0 N–H and O–H groups in total. The van der Waals surface area contributed by atoms with Crippen molar-refractivity contribution in [2.24, 2.45) is 10.8 Å². The van der Waals surface area contributed by atoms with Crippen LogP contribution in [0.4, 0.5) is 0 Å². The minimum absolute atomic E-state index is 0.0353. The number of benzene rings is 2. The molecule has 33 heavy (non-hydrogen) atoms. The average Bonchev–Trinajstić information content (AvgIpc) is 3.05. The van der Waals surface area contributed by atoms with E-state index in [0.29, 0.717) is 0 Å². The van der Waals surface area contributed by atoms with E-state index in [1.807, 2.05) is 0 Å². The van der Waals surface area contributed by atoms with Crippen LogP contribution in [0.25, 0.3) is 0 Å². The molecular formula is C32H40Ti. The average molecular weight is 473 g/mol. The Balaban J connectivity index is 2.27. The standard InChI is InChI=1S/2C10H15.2C6H5.Ti/c2*1-7-6-10(4,5)9(3)8(7)2;2*1-2-4-6-5-3-1;/h2*1-5H3;2*1-5H;. The second-order valence-corrected chi connectivity index (χ2v) is 16.9. The first-order chi connectivity index (χ1) is 15.4. The summed E-state index contributed by atoms with van der Waals surface area (Å²) < 4.78 is 6.55. The Labute approximate surface area is 205 Å².